The quantitative estimate of drug-likeness (QED) is 0.316. The Balaban J connectivity index is 0.00000312. The van der Waals surface area contributed by atoms with Crippen LogP contribution in [0, 0.1) is 19.3 Å². The number of nitrogens with zero attached hydrogens (tertiary/aromatic N) is 2. The molecule has 0 amide bonds. The van der Waals surface area contributed by atoms with E-state index in [4.69, 9.17) is 4.99 Å². The van der Waals surface area contributed by atoms with Crippen molar-refractivity contribution in [3.8, 4) is 0 Å². The van der Waals surface area contributed by atoms with Gasteiger partial charge in [-0.25, -0.2) is 9.98 Å². The fourth-order valence-corrected chi connectivity index (χ4v) is 4.28. The summed E-state index contributed by atoms with van der Waals surface area (Å²) >= 11 is 1.72. The first-order valence-electron chi connectivity index (χ1n) is 9.14. The zero-order valence-corrected chi connectivity index (χ0v) is 18.9. The molecule has 0 aliphatic heterocycles. The molecule has 0 unspecified atom stereocenters. The summed E-state index contributed by atoms with van der Waals surface area (Å²) in [5, 5.41) is 17.4. The van der Waals surface area contributed by atoms with Crippen LogP contribution in [0.2, 0.25) is 0 Å². The monoisotopic (exact) mass is 480 g/mol. The molecule has 1 aliphatic rings. The highest BCUT2D eigenvalue weighted by molar-refractivity contribution is 14.0. The van der Waals surface area contributed by atoms with Crippen molar-refractivity contribution in [3.63, 3.8) is 0 Å². The lowest BCUT2D eigenvalue weighted by atomic mass is 9.72. The van der Waals surface area contributed by atoms with Gasteiger partial charge in [0, 0.05) is 24.6 Å². The van der Waals surface area contributed by atoms with Gasteiger partial charge in [-0.2, -0.15) is 0 Å². The molecule has 1 aliphatic carbocycles. The maximum absolute atomic E-state index is 9.45. The molecule has 25 heavy (non-hydrogen) atoms. The fraction of sp³-hybridized carbons (Fsp3) is 0.778. The zero-order chi connectivity index (χ0) is 17.4. The van der Waals surface area contributed by atoms with Gasteiger partial charge in [-0.05, 0) is 45.4 Å². The molecule has 144 valence electrons. The summed E-state index contributed by atoms with van der Waals surface area (Å²) in [5.41, 5.74) is 1.32. The van der Waals surface area contributed by atoms with Crippen molar-refractivity contribution in [3.05, 3.63) is 15.6 Å². The highest BCUT2D eigenvalue weighted by Crippen LogP contribution is 2.38. The molecule has 2 rings (SSSR count). The number of aliphatic imine (C=N–C) groups is 1. The second-order valence-electron chi connectivity index (χ2n) is 6.83. The highest BCUT2D eigenvalue weighted by atomic mass is 127. The first-order chi connectivity index (χ1) is 11.6. The lowest BCUT2D eigenvalue weighted by Crippen LogP contribution is -2.44. The largest absolute Gasteiger partial charge is 0.396 e. The van der Waals surface area contributed by atoms with E-state index in [2.05, 4.69) is 29.5 Å². The Morgan fingerprint density at radius 3 is 2.52 bits per heavy atom. The minimum absolute atomic E-state index is 0. The van der Waals surface area contributed by atoms with Crippen LogP contribution in [0.25, 0.3) is 0 Å². The second-order valence-corrected chi connectivity index (χ2v) is 8.12. The number of hydrogen-bond acceptors (Lipinski definition) is 4. The first kappa shape index (κ1) is 22.6. The molecule has 1 aromatic rings. The predicted octanol–water partition coefficient (Wildman–Crippen LogP) is 3.77. The summed E-state index contributed by atoms with van der Waals surface area (Å²) in [6.07, 6.45) is 7.14. The Morgan fingerprint density at radius 2 is 1.96 bits per heavy atom. The van der Waals surface area contributed by atoms with Crippen molar-refractivity contribution < 1.29 is 5.11 Å². The van der Waals surface area contributed by atoms with E-state index in [1.54, 1.807) is 11.3 Å². The third kappa shape index (κ3) is 7.02. The first-order valence-corrected chi connectivity index (χ1v) is 9.96. The Bertz CT molecular complexity index is 516. The molecular formula is C18H33IN4OS. The van der Waals surface area contributed by atoms with E-state index in [1.165, 1.54) is 37.0 Å². The van der Waals surface area contributed by atoms with Crippen molar-refractivity contribution >= 4 is 41.3 Å². The standard InChI is InChI=1S/C18H32N4OS.HI/c1-4-19-17(20-12-16-22-14(2)15(3)24-16)21-13-18(10-11-23)8-6-5-7-9-18;/h23H,4-13H2,1-3H3,(H2,19,20,21);1H. The Hall–Kier alpha value is -0.410. The van der Waals surface area contributed by atoms with E-state index in [1.807, 2.05) is 6.92 Å². The molecule has 7 heteroatoms. The molecule has 0 bridgehead atoms. The number of aliphatic hydroxyl groups excluding tert-OH is 1. The van der Waals surface area contributed by atoms with E-state index in [-0.39, 0.29) is 36.0 Å². The number of aromatic nitrogens is 1. The summed E-state index contributed by atoms with van der Waals surface area (Å²) in [6.45, 7) is 8.84. The van der Waals surface area contributed by atoms with Gasteiger partial charge in [0.25, 0.3) is 0 Å². The van der Waals surface area contributed by atoms with Gasteiger partial charge < -0.3 is 15.7 Å². The molecule has 1 saturated carbocycles. The van der Waals surface area contributed by atoms with Crippen molar-refractivity contribution in [2.45, 2.75) is 65.8 Å². The van der Waals surface area contributed by atoms with Gasteiger partial charge in [0.2, 0.25) is 0 Å². The van der Waals surface area contributed by atoms with Crippen LogP contribution in [-0.4, -0.2) is 35.7 Å². The van der Waals surface area contributed by atoms with Gasteiger partial charge >= 0.3 is 0 Å². The third-order valence-electron chi connectivity index (χ3n) is 4.98. The number of rotatable bonds is 7. The normalized spacial score (nSPS) is 17.0. The van der Waals surface area contributed by atoms with Crippen LogP contribution in [0.1, 0.15) is 61.0 Å². The molecule has 0 radical (unpaired) electrons. The van der Waals surface area contributed by atoms with Crippen molar-refractivity contribution in [1.82, 2.24) is 15.6 Å². The lowest BCUT2D eigenvalue weighted by Gasteiger charge is -2.37. The smallest absolute Gasteiger partial charge is 0.191 e. The van der Waals surface area contributed by atoms with Crippen LogP contribution in [0.3, 0.4) is 0 Å². The molecule has 0 saturated heterocycles. The maximum atomic E-state index is 9.45. The average Bonchev–Trinajstić information content (AvgIpc) is 2.90. The number of aryl methyl sites for hydroxylation is 2. The minimum atomic E-state index is 0. The molecule has 1 heterocycles. The molecular weight excluding hydrogens is 447 g/mol. The summed E-state index contributed by atoms with van der Waals surface area (Å²) in [4.78, 5) is 10.5. The van der Waals surface area contributed by atoms with E-state index < -0.39 is 0 Å². The number of guanidine groups is 1. The highest BCUT2D eigenvalue weighted by Gasteiger charge is 2.31. The topological polar surface area (TPSA) is 69.5 Å². The number of aliphatic hydroxyl groups is 1. The number of halogens is 1. The van der Waals surface area contributed by atoms with Crippen LogP contribution in [-0.2, 0) is 6.54 Å². The lowest BCUT2D eigenvalue weighted by molar-refractivity contribution is 0.131. The van der Waals surface area contributed by atoms with Gasteiger partial charge in [0.05, 0.1) is 12.2 Å². The second kappa shape index (κ2) is 11.3. The number of thiazole rings is 1. The van der Waals surface area contributed by atoms with Gasteiger partial charge in [-0.1, -0.05) is 19.3 Å². The summed E-state index contributed by atoms with van der Waals surface area (Å²) < 4.78 is 0. The van der Waals surface area contributed by atoms with E-state index in [0.29, 0.717) is 6.54 Å². The van der Waals surface area contributed by atoms with Gasteiger partial charge in [0.1, 0.15) is 5.01 Å². The fourth-order valence-electron chi connectivity index (χ4n) is 3.42. The molecule has 0 aromatic carbocycles. The number of nitrogens with one attached hydrogen (secondary N) is 2. The molecule has 1 aromatic heterocycles. The number of hydrogen-bond donors (Lipinski definition) is 3. The molecule has 1 fully saturated rings. The van der Waals surface area contributed by atoms with E-state index in [9.17, 15) is 5.11 Å². The molecule has 0 spiro atoms. The zero-order valence-electron chi connectivity index (χ0n) is 15.7. The van der Waals surface area contributed by atoms with Gasteiger partial charge in [-0.3, -0.25) is 0 Å². The predicted molar refractivity (Wildman–Crippen MR) is 117 cm³/mol. The van der Waals surface area contributed by atoms with Crippen LogP contribution in [0.4, 0.5) is 0 Å². The van der Waals surface area contributed by atoms with Crippen LogP contribution >= 0.6 is 35.3 Å². The summed E-state index contributed by atoms with van der Waals surface area (Å²) in [5.74, 6) is 0.853. The van der Waals surface area contributed by atoms with Gasteiger partial charge in [0.15, 0.2) is 5.96 Å². The van der Waals surface area contributed by atoms with E-state index >= 15 is 0 Å². The Morgan fingerprint density at radius 1 is 1.24 bits per heavy atom. The summed E-state index contributed by atoms with van der Waals surface area (Å²) in [6, 6.07) is 0. The average molecular weight is 480 g/mol. The van der Waals surface area contributed by atoms with E-state index in [0.717, 1.165) is 36.2 Å². The summed E-state index contributed by atoms with van der Waals surface area (Å²) in [7, 11) is 0. The Kier molecular flexibility index (Phi) is 10.3. The molecule has 3 N–H and O–H groups in total. The van der Waals surface area contributed by atoms with Gasteiger partial charge in [-0.15, -0.1) is 35.3 Å². The molecule has 0 atom stereocenters. The van der Waals surface area contributed by atoms with Crippen LogP contribution in [0.15, 0.2) is 4.99 Å². The molecule has 5 nitrogen and oxygen atoms in total. The minimum Gasteiger partial charge on any atom is -0.396 e. The van der Waals surface area contributed by atoms with Crippen molar-refractivity contribution in [1.29, 1.82) is 0 Å². The van der Waals surface area contributed by atoms with Crippen molar-refractivity contribution in [2.24, 2.45) is 10.4 Å². The van der Waals surface area contributed by atoms with Crippen LogP contribution < -0.4 is 10.6 Å². The third-order valence-corrected chi connectivity index (χ3v) is 6.03. The SMILES string of the molecule is CCNC(=NCc1nc(C)c(C)s1)NCC1(CCO)CCCCC1.I. The maximum Gasteiger partial charge on any atom is 0.191 e. The van der Waals surface area contributed by atoms with Crippen molar-refractivity contribution in [2.75, 3.05) is 19.7 Å². The van der Waals surface area contributed by atoms with Crippen LogP contribution in [0.5, 0.6) is 0 Å². The Labute approximate surface area is 173 Å².